The number of morpholine rings is 1. The highest BCUT2D eigenvalue weighted by atomic mass is 16.5. The van der Waals surface area contributed by atoms with Crippen LogP contribution in [0.25, 0.3) is 0 Å². The number of carbonyl (C=O) groups excluding carboxylic acids is 1. The third-order valence-electron chi connectivity index (χ3n) is 4.65. The van der Waals surface area contributed by atoms with Gasteiger partial charge in [0.1, 0.15) is 0 Å². The van der Waals surface area contributed by atoms with Crippen LogP contribution in [0.5, 0.6) is 0 Å². The summed E-state index contributed by atoms with van der Waals surface area (Å²) in [7, 11) is 0. The lowest BCUT2D eigenvalue weighted by Crippen LogP contribution is -2.36. The molecular weight excluding hydrogens is 276 g/mol. The number of benzene rings is 1. The number of rotatable bonds is 4. The van der Waals surface area contributed by atoms with Crippen molar-refractivity contribution < 1.29 is 9.53 Å². The van der Waals surface area contributed by atoms with Gasteiger partial charge in [-0.25, -0.2) is 0 Å². The minimum Gasteiger partial charge on any atom is -0.378 e. The Morgan fingerprint density at radius 3 is 2.32 bits per heavy atom. The lowest BCUT2D eigenvalue weighted by molar-refractivity contribution is -0.132. The molecule has 0 aromatic heterocycles. The van der Waals surface area contributed by atoms with Gasteiger partial charge in [-0.1, -0.05) is 12.1 Å². The van der Waals surface area contributed by atoms with Crippen molar-refractivity contribution in [2.75, 3.05) is 44.3 Å². The van der Waals surface area contributed by atoms with Crippen LogP contribution in [0.15, 0.2) is 24.3 Å². The van der Waals surface area contributed by atoms with E-state index in [2.05, 4.69) is 29.2 Å². The third-order valence-corrected chi connectivity index (χ3v) is 4.65. The van der Waals surface area contributed by atoms with Gasteiger partial charge in [0.25, 0.3) is 0 Å². The second-order valence-electron chi connectivity index (χ2n) is 6.21. The van der Waals surface area contributed by atoms with Crippen molar-refractivity contribution in [1.82, 2.24) is 4.90 Å². The lowest BCUT2D eigenvalue weighted by atomic mass is 10.1. The summed E-state index contributed by atoms with van der Waals surface area (Å²) < 4.78 is 5.38. The van der Waals surface area contributed by atoms with E-state index in [4.69, 9.17) is 4.74 Å². The van der Waals surface area contributed by atoms with E-state index in [1.807, 2.05) is 4.90 Å². The van der Waals surface area contributed by atoms with Gasteiger partial charge in [-0.15, -0.1) is 0 Å². The molecule has 4 heteroatoms. The summed E-state index contributed by atoms with van der Waals surface area (Å²) in [6.45, 7) is 5.46. The van der Waals surface area contributed by atoms with Gasteiger partial charge in [0.15, 0.2) is 0 Å². The number of piperidine rings is 1. The van der Waals surface area contributed by atoms with Crippen LogP contribution in [0.4, 0.5) is 5.69 Å². The number of anilines is 1. The number of likely N-dealkylation sites (tertiary alicyclic amines) is 1. The molecule has 0 atom stereocenters. The average Bonchev–Trinajstić information content (AvgIpc) is 2.61. The first-order valence-corrected chi connectivity index (χ1v) is 8.52. The molecule has 2 aliphatic heterocycles. The fourth-order valence-corrected chi connectivity index (χ4v) is 3.25. The first-order chi connectivity index (χ1) is 10.8. The molecule has 0 saturated carbocycles. The maximum Gasteiger partial charge on any atom is 0.222 e. The Labute approximate surface area is 133 Å². The molecule has 1 amide bonds. The Hall–Kier alpha value is -1.55. The number of nitrogens with zero attached hydrogens (tertiary/aromatic N) is 2. The predicted molar refractivity (Wildman–Crippen MR) is 88.2 cm³/mol. The largest absolute Gasteiger partial charge is 0.378 e. The van der Waals surface area contributed by atoms with E-state index >= 15 is 0 Å². The molecule has 2 heterocycles. The van der Waals surface area contributed by atoms with E-state index < -0.39 is 0 Å². The summed E-state index contributed by atoms with van der Waals surface area (Å²) in [6.07, 6.45) is 5.09. The van der Waals surface area contributed by atoms with Crippen molar-refractivity contribution >= 4 is 11.6 Å². The summed E-state index contributed by atoms with van der Waals surface area (Å²) in [5, 5.41) is 0. The summed E-state index contributed by atoms with van der Waals surface area (Å²) in [5.74, 6) is 0.317. The first-order valence-electron chi connectivity index (χ1n) is 8.52. The number of hydrogen-bond donors (Lipinski definition) is 0. The van der Waals surface area contributed by atoms with Gasteiger partial charge in [0.05, 0.1) is 13.2 Å². The van der Waals surface area contributed by atoms with Gasteiger partial charge < -0.3 is 14.5 Å². The van der Waals surface area contributed by atoms with Gasteiger partial charge in [-0.05, 0) is 43.4 Å². The highest BCUT2D eigenvalue weighted by Gasteiger charge is 2.16. The van der Waals surface area contributed by atoms with E-state index in [1.54, 1.807) is 0 Å². The zero-order chi connectivity index (χ0) is 15.2. The molecule has 22 heavy (non-hydrogen) atoms. The van der Waals surface area contributed by atoms with Gasteiger partial charge in [0.2, 0.25) is 5.91 Å². The van der Waals surface area contributed by atoms with Gasteiger partial charge in [-0.3, -0.25) is 4.79 Å². The molecule has 0 bridgehead atoms. The number of hydrogen-bond acceptors (Lipinski definition) is 3. The average molecular weight is 302 g/mol. The zero-order valence-corrected chi connectivity index (χ0v) is 13.3. The van der Waals surface area contributed by atoms with E-state index in [0.717, 1.165) is 45.8 Å². The molecule has 0 spiro atoms. The highest BCUT2D eigenvalue weighted by Crippen LogP contribution is 2.18. The Balaban J connectivity index is 1.49. The Bertz CT molecular complexity index is 474. The minimum absolute atomic E-state index is 0.317. The van der Waals surface area contributed by atoms with Crippen molar-refractivity contribution in [1.29, 1.82) is 0 Å². The van der Waals surface area contributed by atoms with Crippen LogP contribution < -0.4 is 4.90 Å². The second kappa shape index (κ2) is 7.63. The Morgan fingerprint density at radius 2 is 1.64 bits per heavy atom. The molecule has 120 valence electrons. The van der Waals surface area contributed by atoms with Crippen molar-refractivity contribution in [3.8, 4) is 0 Å². The fourth-order valence-electron chi connectivity index (χ4n) is 3.25. The maximum atomic E-state index is 12.2. The van der Waals surface area contributed by atoms with Crippen molar-refractivity contribution in [3.05, 3.63) is 29.8 Å². The minimum atomic E-state index is 0.317. The molecule has 0 N–H and O–H groups in total. The Kier molecular flexibility index (Phi) is 5.33. The van der Waals surface area contributed by atoms with Crippen molar-refractivity contribution in [2.24, 2.45) is 0 Å². The smallest absolute Gasteiger partial charge is 0.222 e. The quantitative estimate of drug-likeness (QED) is 0.856. The van der Waals surface area contributed by atoms with Crippen LogP contribution in [-0.2, 0) is 16.0 Å². The third kappa shape index (κ3) is 4.01. The second-order valence-corrected chi connectivity index (χ2v) is 6.21. The molecule has 0 radical (unpaired) electrons. The van der Waals surface area contributed by atoms with Gasteiger partial charge in [-0.2, -0.15) is 0 Å². The van der Waals surface area contributed by atoms with Crippen LogP contribution in [0, 0.1) is 0 Å². The zero-order valence-electron chi connectivity index (χ0n) is 13.3. The van der Waals surface area contributed by atoms with Crippen LogP contribution in [0.1, 0.15) is 31.2 Å². The molecule has 3 rings (SSSR count). The lowest BCUT2D eigenvalue weighted by Gasteiger charge is -2.29. The Morgan fingerprint density at radius 1 is 0.955 bits per heavy atom. The molecule has 4 nitrogen and oxygen atoms in total. The number of carbonyl (C=O) groups is 1. The summed E-state index contributed by atoms with van der Waals surface area (Å²) in [6, 6.07) is 8.67. The topological polar surface area (TPSA) is 32.8 Å². The molecule has 1 aromatic carbocycles. The van der Waals surface area contributed by atoms with Crippen molar-refractivity contribution in [2.45, 2.75) is 32.1 Å². The van der Waals surface area contributed by atoms with Crippen LogP contribution in [0.2, 0.25) is 0 Å². The summed E-state index contributed by atoms with van der Waals surface area (Å²) in [4.78, 5) is 16.6. The molecule has 2 saturated heterocycles. The van der Waals surface area contributed by atoms with E-state index in [1.165, 1.54) is 30.5 Å². The molecule has 0 aliphatic carbocycles. The van der Waals surface area contributed by atoms with Crippen LogP contribution >= 0.6 is 0 Å². The van der Waals surface area contributed by atoms with E-state index in [9.17, 15) is 4.79 Å². The molecule has 0 unspecified atom stereocenters. The molecule has 2 aliphatic rings. The standard InChI is InChI=1S/C18H26N2O2/c21-18(20-10-2-1-3-11-20)9-6-16-4-7-17(8-5-16)19-12-14-22-15-13-19/h4-5,7-8H,1-3,6,9-15H2. The van der Waals surface area contributed by atoms with Gasteiger partial charge in [0, 0.05) is 38.3 Å². The predicted octanol–water partition coefficient (Wildman–Crippen LogP) is 2.47. The maximum absolute atomic E-state index is 12.2. The molecule has 2 fully saturated rings. The monoisotopic (exact) mass is 302 g/mol. The summed E-state index contributed by atoms with van der Waals surface area (Å²) in [5.41, 5.74) is 2.51. The van der Waals surface area contributed by atoms with E-state index in [0.29, 0.717) is 12.3 Å². The first kappa shape index (κ1) is 15.3. The number of amides is 1. The van der Waals surface area contributed by atoms with Gasteiger partial charge >= 0.3 is 0 Å². The molecular formula is C18H26N2O2. The summed E-state index contributed by atoms with van der Waals surface area (Å²) >= 11 is 0. The normalized spacial score (nSPS) is 19.3. The van der Waals surface area contributed by atoms with Crippen LogP contribution in [0.3, 0.4) is 0 Å². The SMILES string of the molecule is O=C(CCc1ccc(N2CCOCC2)cc1)N1CCCCC1. The number of ether oxygens (including phenoxy) is 1. The van der Waals surface area contributed by atoms with E-state index in [-0.39, 0.29) is 0 Å². The van der Waals surface area contributed by atoms with Crippen molar-refractivity contribution in [3.63, 3.8) is 0 Å². The molecule has 1 aromatic rings. The van der Waals surface area contributed by atoms with Crippen LogP contribution in [-0.4, -0.2) is 50.2 Å². The number of aryl methyl sites for hydroxylation is 1. The highest BCUT2D eigenvalue weighted by molar-refractivity contribution is 5.76. The fraction of sp³-hybridized carbons (Fsp3) is 0.611.